The van der Waals surface area contributed by atoms with Crippen molar-refractivity contribution in [3.8, 4) is 6.07 Å². The van der Waals surface area contributed by atoms with Gasteiger partial charge in [0, 0.05) is 15.2 Å². The van der Waals surface area contributed by atoms with Crippen LogP contribution in [0.1, 0.15) is 15.2 Å². The predicted molar refractivity (Wildman–Crippen MR) is 74.2 cm³/mol. The van der Waals surface area contributed by atoms with Gasteiger partial charge in [-0.15, -0.1) is 11.3 Å². The number of nitrogens with zero attached hydrogens (tertiary/aromatic N) is 1. The minimum atomic E-state index is -1.00. The van der Waals surface area contributed by atoms with Crippen LogP contribution in [0.5, 0.6) is 0 Å². The van der Waals surface area contributed by atoms with E-state index in [1.807, 2.05) is 6.07 Å². The summed E-state index contributed by atoms with van der Waals surface area (Å²) in [6.07, 6.45) is 0. The number of rotatable bonds is 3. The third-order valence-electron chi connectivity index (χ3n) is 2.18. The molecular weight excluding hydrogens is 353 g/mol. The van der Waals surface area contributed by atoms with Gasteiger partial charge in [-0.3, -0.25) is 0 Å². The van der Waals surface area contributed by atoms with E-state index in [0.29, 0.717) is 9.79 Å². The number of hydrogen-bond donors (Lipinski definition) is 1. The van der Waals surface area contributed by atoms with E-state index in [9.17, 15) is 9.18 Å². The average molecular weight is 358 g/mol. The Morgan fingerprint density at radius 3 is 2.84 bits per heavy atom. The van der Waals surface area contributed by atoms with Crippen molar-refractivity contribution in [1.82, 2.24) is 0 Å². The fraction of sp³-hybridized carbons (Fsp3) is 0. The van der Waals surface area contributed by atoms with E-state index in [0.717, 1.165) is 23.1 Å². The number of carboxylic acid groups (broad SMARTS) is 1. The second-order valence-electron chi connectivity index (χ2n) is 3.40. The van der Waals surface area contributed by atoms with Crippen LogP contribution >= 0.6 is 39.0 Å². The molecule has 0 aliphatic heterocycles. The lowest BCUT2D eigenvalue weighted by molar-refractivity contribution is 0.0702. The first-order valence-electron chi connectivity index (χ1n) is 4.90. The van der Waals surface area contributed by atoms with E-state index in [1.54, 1.807) is 5.38 Å². The van der Waals surface area contributed by atoms with Crippen molar-refractivity contribution >= 4 is 45.0 Å². The second kappa shape index (κ2) is 5.74. The molecule has 1 aromatic carbocycles. The molecule has 3 nitrogen and oxygen atoms in total. The summed E-state index contributed by atoms with van der Waals surface area (Å²) < 4.78 is 14.1. The highest BCUT2D eigenvalue weighted by Gasteiger charge is 2.14. The molecule has 1 heterocycles. The van der Waals surface area contributed by atoms with Crippen LogP contribution in [0.2, 0.25) is 0 Å². The molecule has 1 N–H and O–H groups in total. The molecule has 0 atom stereocenters. The zero-order chi connectivity index (χ0) is 14.0. The quantitative estimate of drug-likeness (QED) is 0.885. The standard InChI is InChI=1S/C12H5BrFNO2S2/c13-10-6(4-15)1-2-8(11(10)14)19-7-3-9(12(16)17)18-5-7/h1-3,5H,(H,16,17). The first-order valence-corrected chi connectivity index (χ1v) is 7.39. The van der Waals surface area contributed by atoms with E-state index >= 15 is 0 Å². The van der Waals surface area contributed by atoms with E-state index < -0.39 is 11.8 Å². The average Bonchev–Trinajstić information content (AvgIpc) is 2.84. The molecule has 0 spiro atoms. The Balaban J connectivity index is 2.31. The summed E-state index contributed by atoms with van der Waals surface area (Å²) in [7, 11) is 0. The van der Waals surface area contributed by atoms with Gasteiger partial charge in [0.25, 0.3) is 0 Å². The topological polar surface area (TPSA) is 61.1 Å². The molecule has 19 heavy (non-hydrogen) atoms. The smallest absolute Gasteiger partial charge is 0.345 e. The largest absolute Gasteiger partial charge is 0.477 e. The number of nitriles is 1. The van der Waals surface area contributed by atoms with Crippen LogP contribution < -0.4 is 0 Å². The molecule has 0 aliphatic rings. The van der Waals surface area contributed by atoms with Gasteiger partial charge < -0.3 is 5.11 Å². The normalized spacial score (nSPS) is 10.2. The van der Waals surface area contributed by atoms with Crippen molar-refractivity contribution in [3.05, 3.63) is 44.3 Å². The van der Waals surface area contributed by atoms with Gasteiger partial charge in [0.05, 0.1) is 10.0 Å². The minimum absolute atomic E-state index is 0.119. The van der Waals surface area contributed by atoms with E-state index in [4.69, 9.17) is 10.4 Å². The van der Waals surface area contributed by atoms with Gasteiger partial charge >= 0.3 is 5.97 Å². The first-order chi connectivity index (χ1) is 9.02. The van der Waals surface area contributed by atoms with Crippen LogP contribution in [0.3, 0.4) is 0 Å². The van der Waals surface area contributed by atoms with Gasteiger partial charge in [0.1, 0.15) is 10.9 Å². The maximum absolute atomic E-state index is 14.0. The first kappa shape index (κ1) is 14.1. The van der Waals surface area contributed by atoms with Crippen LogP contribution in [0.4, 0.5) is 4.39 Å². The number of halogens is 2. The fourth-order valence-corrected chi connectivity index (χ4v) is 3.65. The van der Waals surface area contributed by atoms with Crippen LogP contribution in [-0.4, -0.2) is 11.1 Å². The summed E-state index contributed by atoms with van der Waals surface area (Å²) >= 11 is 5.24. The molecule has 0 unspecified atom stereocenters. The monoisotopic (exact) mass is 357 g/mol. The lowest BCUT2D eigenvalue weighted by Gasteiger charge is -2.04. The molecule has 96 valence electrons. The third-order valence-corrected chi connectivity index (χ3v) is 5.03. The molecule has 0 bridgehead atoms. The lowest BCUT2D eigenvalue weighted by Crippen LogP contribution is -1.90. The maximum Gasteiger partial charge on any atom is 0.345 e. The van der Waals surface area contributed by atoms with Crippen LogP contribution in [0, 0.1) is 17.1 Å². The minimum Gasteiger partial charge on any atom is -0.477 e. The van der Waals surface area contributed by atoms with Crippen molar-refractivity contribution in [2.24, 2.45) is 0 Å². The summed E-state index contributed by atoms with van der Waals surface area (Å²) in [5, 5.41) is 19.2. The van der Waals surface area contributed by atoms with Crippen LogP contribution in [-0.2, 0) is 0 Å². The number of thiophene rings is 1. The van der Waals surface area contributed by atoms with Gasteiger partial charge in [-0.1, -0.05) is 11.8 Å². The molecule has 0 saturated carbocycles. The Hall–Kier alpha value is -1.36. The number of aromatic carboxylic acids is 1. The second-order valence-corrected chi connectivity index (χ2v) is 6.22. The van der Waals surface area contributed by atoms with Crippen molar-refractivity contribution in [1.29, 1.82) is 5.26 Å². The van der Waals surface area contributed by atoms with Gasteiger partial charge in [-0.25, -0.2) is 9.18 Å². The summed E-state index contributed by atoms with van der Waals surface area (Å²) in [4.78, 5) is 11.9. The Morgan fingerprint density at radius 1 is 1.53 bits per heavy atom. The summed E-state index contributed by atoms with van der Waals surface area (Å²) in [6, 6.07) is 6.38. The molecule has 2 aromatic rings. The number of hydrogen-bond acceptors (Lipinski definition) is 4. The predicted octanol–water partition coefficient (Wildman–Crippen LogP) is 4.37. The van der Waals surface area contributed by atoms with Gasteiger partial charge in [-0.2, -0.15) is 5.26 Å². The van der Waals surface area contributed by atoms with Gasteiger partial charge in [0.2, 0.25) is 0 Å². The van der Waals surface area contributed by atoms with Crippen molar-refractivity contribution < 1.29 is 14.3 Å². The van der Waals surface area contributed by atoms with Crippen molar-refractivity contribution in [3.63, 3.8) is 0 Å². The maximum atomic E-state index is 14.0. The fourth-order valence-electron chi connectivity index (χ4n) is 1.31. The molecule has 7 heteroatoms. The molecular formula is C12H5BrFNO2S2. The molecule has 0 amide bonds. The molecule has 0 saturated heterocycles. The number of carboxylic acids is 1. The summed E-state index contributed by atoms with van der Waals surface area (Å²) in [5.41, 5.74) is 0.221. The summed E-state index contributed by atoms with van der Waals surface area (Å²) in [5.74, 6) is -1.52. The highest BCUT2D eigenvalue weighted by Crippen LogP contribution is 2.36. The number of benzene rings is 1. The molecule has 0 aliphatic carbocycles. The zero-order valence-electron chi connectivity index (χ0n) is 9.18. The Bertz CT molecular complexity index is 694. The molecule has 0 radical (unpaired) electrons. The highest BCUT2D eigenvalue weighted by molar-refractivity contribution is 9.10. The van der Waals surface area contributed by atoms with Crippen LogP contribution in [0.15, 0.2) is 37.8 Å². The zero-order valence-corrected chi connectivity index (χ0v) is 12.4. The summed E-state index contributed by atoms with van der Waals surface area (Å²) in [6.45, 7) is 0. The van der Waals surface area contributed by atoms with Crippen LogP contribution in [0.25, 0.3) is 0 Å². The van der Waals surface area contributed by atoms with Gasteiger partial charge in [-0.05, 0) is 34.1 Å². The molecule has 2 rings (SSSR count). The third kappa shape index (κ3) is 2.97. The highest BCUT2D eigenvalue weighted by atomic mass is 79.9. The van der Waals surface area contributed by atoms with E-state index in [2.05, 4.69) is 15.9 Å². The molecule has 0 fully saturated rings. The van der Waals surface area contributed by atoms with Crippen molar-refractivity contribution in [2.75, 3.05) is 0 Å². The Morgan fingerprint density at radius 2 is 2.26 bits per heavy atom. The Kier molecular flexibility index (Phi) is 4.24. The number of carbonyl (C=O) groups is 1. The van der Waals surface area contributed by atoms with E-state index in [1.165, 1.54) is 18.2 Å². The van der Waals surface area contributed by atoms with E-state index in [-0.39, 0.29) is 14.9 Å². The molecule has 1 aromatic heterocycles. The van der Waals surface area contributed by atoms with Crippen molar-refractivity contribution in [2.45, 2.75) is 9.79 Å². The van der Waals surface area contributed by atoms with Gasteiger partial charge in [0.15, 0.2) is 5.82 Å². The Labute approximate surface area is 124 Å². The SMILES string of the molecule is N#Cc1ccc(Sc2csc(C(=O)O)c2)c(F)c1Br. The lowest BCUT2D eigenvalue weighted by atomic mass is 10.2.